The molecule has 4 aliphatic rings. The first-order valence-electron chi connectivity index (χ1n) is 20.3. The van der Waals surface area contributed by atoms with Crippen LogP contribution in [0.5, 0.6) is 11.5 Å². The van der Waals surface area contributed by atoms with Gasteiger partial charge in [-0.1, -0.05) is 134 Å². The van der Waals surface area contributed by atoms with Crippen LogP contribution in [0.4, 0.5) is 17.3 Å². The standard InChI is InChI=1S/C35H54O2P2.C7H8.2CHCl3.BF4.Rh/c1-21(2)38(22(3)4)29-17-25(9)15-27-31(29)36-35(19-33(27,11)12)20-34(13,14)28-16-26(10)18-30(32(28)37-35)39(23(5)6)24(7)8;1-2-7-4-3-6(1)5-7;2*2-1(3)4;2-1(3,4)5;/h15-18,21-24H,19-20H2,1-14H3;1-4,6-7H,5H2;2*1H;;/q;;;;-1;/p+2. The third-order valence-electron chi connectivity index (χ3n) is 10.8. The van der Waals surface area contributed by atoms with E-state index in [2.05, 4.69) is 146 Å². The number of rotatable bonds is 6. The smallest absolute Gasteiger partial charge is 0.448 e. The number of benzene rings is 2. The molecule has 1 radical (unpaired) electrons. The predicted molar refractivity (Wildman–Crippen MR) is 261 cm³/mol. The molecule has 2 aromatic carbocycles. The van der Waals surface area contributed by atoms with E-state index in [0.717, 1.165) is 36.2 Å². The van der Waals surface area contributed by atoms with E-state index in [1.807, 2.05) is 0 Å². The van der Waals surface area contributed by atoms with Gasteiger partial charge in [-0.2, -0.15) is 0 Å². The van der Waals surface area contributed by atoms with Gasteiger partial charge in [0.2, 0.25) is 0 Å². The first-order chi connectivity index (χ1) is 26.8. The number of halogens is 10. The monoisotopic (exact) mass is 1090 g/mol. The minimum atomic E-state index is -6.00. The molecule has 16 heteroatoms. The topological polar surface area (TPSA) is 18.5 Å². The fourth-order valence-electron chi connectivity index (χ4n) is 9.24. The maximum atomic E-state index is 9.75. The molecule has 60 heavy (non-hydrogen) atoms. The molecule has 2 aromatic rings. The molecule has 2 heterocycles. The summed E-state index contributed by atoms with van der Waals surface area (Å²) in [5, 5.41) is 2.94. The summed E-state index contributed by atoms with van der Waals surface area (Å²) in [6.07, 6.45) is 12.3. The van der Waals surface area contributed by atoms with Gasteiger partial charge >= 0.3 is 7.25 Å². The molecule has 0 amide bonds. The van der Waals surface area contributed by atoms with Gasteiger partial charge < -0.3 is 26.7 Å². The van der Waals surface area contributed by atoms with Crippen LogP contribution in [0.25, 0.3) is 0 Å². The van der Waals surface area contributed by atoms with Crippen molar-refractivity contribution in [2.75, 3.05) is 0 Å². The summed E-state index contributed by atoms with van der Waals surface area (Å²) in [6.45, 7) is 33.4. The normalized spacial score (nSPS) is 19.7. The molecule has 2 nitrogen and oxygen atoms in total. The number of hydrogen-bond donors (Lipinski definition) is 0. The molecule has 345 valence electrons. The summed E-state index contributed by atoms with van der Waals surface area (Å²) in [4.78, 5) is 0. The van der Waals surface area contributed by atoms with Gasteiger partial charge in [0.05, 0.1) is 22.6 Å². The Morgan fingerprint density at radius 1 is 0.567 bits per heavy atom. The minimum absolute atomic E-state index is 0. The van der Waals surface area contributed by atoms with Crippen molar-refractivity contribution in [3.8, 4) is 11.5 Å². The Kier molecular flexibility index (Phi) is 23.8. The van der Waals surface area contributed by atoms with Crippen LogP contribution in [0.1, 0.15) is 125 Å². The largest absolute Gasteiger partial charge is 0.673 e. The third-order valence-corrected chi connectivity index (χ3v) is 17.8. The number of alkyl halides is 6. The van der Waals surface area contributed by atoms with Gasteiger partial charge in [-0.05, 0) is 111 Å². The zero-order chi connectivity index (χ0) is 45.6. The Morgan fingerprint density at radius 2 is 0.817 bits per heavy atom. The number of aryl methyl sites for hydroxylation is 2. The summed E-state index contributed by atoms with van der Waals surface area (Å²) < 4.78 is 52.2. The molecule has 0 atom stereocenters. The molecular weight excluding hydrogens is 1020 g/mol. The maximum absolute atomic E-state index is 9.75. The second-order valence-corrected chi connectivity index (χ2v) is 29.9. The molecule has 6 rings (SSSR count). The van der Waals surface area contributed by atoms with Crippen molar-refractivity contribution < 1.29 is 46.2 Å². The van der Waals surface area contributed by atoms with Crippen LogP contribution in [-0.4, -0.2) is 44.3 Å². The second-order valence-electron chi connectivity index (χ2n) is 18.5. The summed E-state index contributed by atoms with van der Waals surface area (Å²) in [5.41, 5.74) is 7.89. The summed E-state index contributed by atoms with van der Waals surface area (Å²) in [5.74, 6) is 3.23. The molecule has 2 aliphatic carbocycles. The van der Waals surface area contributed by atoms with E-state index in [0.29, 0.717) is 22.6 Å². The van der Waals surface area contributed by atoms with Crippen molar-refractivity contribution in [2.45, 2.75) is 164 Å². The molecule has 0 aromatic heterocycles. The van der Waals surface area contributed by atoms with Gasteiger partial charge in [0.25, 0.3) is 5.79 Å². The van der Waals surface area contributed by atoms with E-state index in [-0.39, 0.29) is 30.3 Å². The van der Waals surface area contributed by atoms with E-state index in [1.165, 1.54) is 39.3 Å². The summed E-state index contributed by atoms with van der Waals surface area (Å²) >= 11 is 28.8. The quantitative estimate of drug-likeness (QED) is 0.0944. The van der Waals surface area contributed by atoms with E-state index in [1.54, 1.807) is 0 Å². The minimum Gasteiger partial charge on any atom is -0.448 e. The Hall–Kier alpha value is 0.528. The van der Waals surface area contributed by atoms with Crippen molar-refractivity contribution in [1.29, 1.82) is 0 Å². The van der Waals surface area contributed by atoms with Crippen LogP contribution in [0.2, 0.25) is 0 Å². The Morgan fingerprint density at radius 3 is 1.02 bits per heavy atom. The van der Waals surface area contributed by atoms with Gasteiger partial charge in [-0.3, -0.25) is 0 Å². The molecule has 0 saturated heterocycles. The van der Waals surface area contributed by atoms with Crippen molar-refractivity contribution in [3.63, 3.8) is 0 Å². The van der Waals surface area contributed by atoms with Gasteiger partial charge in [0.1, 0.15) is 10.6 Å². The number of hydrogen-bond acceptors (Lipinski definition) is 2. The number of fused-ring (bicyclic) bond motifs is 4. The SMILES string of the molecule is C1=CC2C=CC1C2.Cc1cc([PH+](C(C)C)C(C)C)c2c(c1)C(C)(C)CC1(CC(C)(C)c3cc(C)cc([PH+](C(C)C)C(C)C)c3O1)O2.ClC(Cl)Cl.ClC(Cl)Cl.F[B-](F)(F)F.[Rh]. The zero-order valence-corrected chi connectivity index (χ0v) is 45.5. The fraction of sp³-hybridized carbons (Fsp3) is 0.636. The van der Waals surface area contributed by atoms with Crippen molar-refractivity contribution in [1.82, 2.24) is 0 Å². The van der Waals surface area contributed by atoms with Crippen LogP contribution in [0, 0.1) is 25.7 Å². The van der Waals surface area contributed by atoms with Gasteiger partial charge in [0, 0.05) is 70.1 Å². The van der Waals surface area contributed by atoms with Crippen LogP contribution in [0.15, 0.2) is 48.6 Å². The number of ether oxygens (including phenoxy) is 2. The second kappa shape index (κ2) is 24.3. The summed E-state index contributed by atoms with van der Waals surface area (Å²) in [6, 6.07) is 9.66. The molecule has 0 unspecified atom stereocenters. The van der Waals surface area contributed by atoms with Crippen LogP contribution >= 0.6 is 85.4 Å². The number of allylic oxidation sites excluding steroid dienone is 4. The molecular formula is C44H66BCl6F4O2P2Rh+. The van der Waals surface area contributed by atoms with E-state index in [9.17, 15) is 17.3 Å². The molecule has 0 N–H and O–H groups in total. The zero-order valence-electron chi connectivity index (χ0n) is 37.4. The van der Waals surface area contributed by atoms with Crippen molar-refractivity contribution >= 4 is 103 Å². The van der Waals surface area contributed by atoms with Gasteiger partial charge in [0.15, 0.2) is 20.1 Å². The maximum Gasteiger partial charge on any atom is 0.673 e. The van der Waals surface area contributed by atoms with Crippen LogP contribution < -0.4 is 20.1 Å². The van der Waals surface area contributed by atoms with Gasteiger partial charge in [-0.25, -0.2) is 0 Å². The Balaban J connectivity index is 0.000000699. The first kappa shape index (κ1) is 58.5. The molecule has 0 fully saturated rings. The fourth-order valence-corrected chi connectivity index (χ4v) is 16.1. The Bertz CT molecular complexity index is 1580. The molecule has 1 spiro atoms. The van der Waals surface area contributed by atoms with Crippen LogP contribution in [-0.2, 0) is 30.3 Å². The van der Waals surface area contributed by atoms with E-state index in [4.69, 9.17) is 79.1 Å². The Labute approximate surface area is 404 Å². The van der Waals surface area contributed by atoms with Crippen molar-refractivity contribution in [3.05, 3.63) is 70.8 Å². The summed E-state index contributed by atoms with van der Waals surface area (Å²) in [7, 11) is -7.67. The third kappa shape index (κ3) is 17.7. The predicted octanol–water partition coefficient (Wildman–Crippen LogP) is 16.2. The van der Waals surface area contributed by atoms with Crippen molar-refractivity contribution in [2.24, 2.45) is 11.8 Å². The van der Waals surface area contributed by atoms with Gasteiger partial charge in [-0.15, -0.1) is 0 Å². The van der Waals surface area contributed by atoms with Crippen LogP contribution in [0.3, 0.4) is 0 Å². The molecule has 0 saturated carbocycles. The first-order valence-corrected chi connectivity index (χ1v) is 26.2. The average molecular weight is 1090 g/mol. The molecule has 2 bridgehead atoms. The average Bonchev–Trinajstić information content (AvgIpc) is 3.67. The van der Waals surface area contributed by atoms with E-state index >= 15 is 0 Å². The van der Waals surface area contributed by atoms with E-state index < -0.39 is 37.5 Å². The molecule has 2 aliphatic heterocycles.